The molecule has 142 valence electrons. The molecule has 0 fully saturated rings. The molecule has 4 rings (SSSR count). The number of hydrogen-bond acceptors (Lipinski definition) is 5. The average molecular weight is 412 g/mol. The first-order valence-electron chi connectivity index (χ1n) is 8.82. The molecular weight excluding hydrogens is 393 g/mol. The molecule has 0 aliphatic rings. The summed E-state index contributed by atoms with van der Waals surface area (Å²) in [6, 6.07) is 20.8. The van der Waals surface area contributed by atoms with Gasteiger partial charge in [0.15, 0.2) is 10.9 Å². The Morgan fingerprint density at radius 3 is 2.43 bits per heavy atom. The van der Waals surface area contributed by atoms with Crippen molar-refractivity contribution in [1.29, 1.82) is 0 Å². The van der Waals surface area contributed by atoms with Crippen molar-refractivity contribution in [2.45, 2.75) is 16.6 Å². The van der Waals surface area contributed by atoms with Gasteiger partial charge in [-0.2, -0.15) is 0 Å². The smallest absolute Gasteiger partial charge is 0.200 e. The number of hydrogen-bond donors (Lipinski definition) is 0. The molecule has 0 N–H and O–H groups in total. The lowest BCUT2D eigenvalue weighted by atomic mass is 10.2. The Balaban J connectivity index is 1.48. The molecule has 0 aliphatic heterocycles. The van der Waals surface area contributed by atoms with Gasteiger partial charge in [0.05, 0.1) is 12.8 Å². The second kappa shape index (κ2) is 9.12. The van der Waals surface area contributed by atoms with E-state index in [0.29, 0.717) is 23.0 Å². The molecule has 0 atom stereocenters. The molecule has 2 aromatic carbocycles. The summed E-state index contributed by atoms with van der Waals surface area (Å²) in [5.41, 5.74) is 1.16. The molecule has 2 aromatic heterocycles. The molecule has 0 saturated heterocycles. The van der Waals surface area contributed by atoms with Gasteiger partial charge in [0.2, 0.25) is 5.82 Å². The van der Waals surface area contributed by atoms with E-state index in [1.807, 2.05) is 36.4 Å². The van der Waals surface area contributed by atoms with Gasteiger partial charge in [-0.05, 0) is 29.8 Å². The summed E-state index contributed by atoms with van der Waals surface area (Å²) in [6.07, 6.45) is 1.63. The minimum Gasteiger partial charge on any atom is -0.461 e. The quantitative estimate of drug-likeness (QED) is 0.278. The molecule has 0 saturated carbocycles. The summed E-state index contributed by atoms with van der Waals surface area (Å²) in [6.45, 7) is 0.659. The van der Waals surface area contributed by atoms with Crippen LogP contribution in [0.25, 0.3) is 11.6 Å². The van der Waals surface area contributed by atoms with Crippen LogP contribution in [0, 0.1) is 5.82 Å². The van der Waals surface area contributed by atoms with Crippen molar-refractivity contribution >= 4 is 23.5 Å². The SMILES string of the molecule is Fc1ccccc1SCCSc1nnc(-c2ccco2)n1Cc1ccccc1. The molecule has 0 unspecified atom stereocenters. The third-order valence-electron chi connectivity index (χ3n) is 4.05. The molecule has 0 spiro atoms. The van der Waals surface area contributed by atoms with Crippen LogP contribution in [0.4, 0.5) is 4.39 Å². The first kappa shape index (κ1) is 18.8. The van der Waals surface area contributed by atoms with E-state index in [1.54, 1.807) is 30.2 Å². The van der Waals surface area contributed by atoms with Crippen molar-refractivity contribution in [2.24, 2.45) is 0 Å². The summed E-state index contributed by atoms with van der Waals surface area (Å²) >= 11 is 3.12. The maximum Gasteiger partial charge on any atom is 0.200 e. The highest BCUT2D eigenvalue weighted by Gasteiger charge is 2.16. The fraction of sp³-hybridized carbons (Fsp3) is 0.143. The van der Waals surface area contributed by atoms with E-state index in [-0.39, 0.29) is 5.82 Å². The summed E-state index contributed by atoms with van der Waals surface area (Å²) in [5.74, 6) is 2.79. The van der Waals surface area contributed by atoms with Gasteiger partial charge in [-0.15, -0.1) is 22.0 Å². The number of benzene rings is 2. The Hall–Kier alpha value is -2.51. The lowest BCUT2D eigenvalue weighted by Gasteiger charge is -2.09. The van der Waals surface area contributed by atoms with Crippen LogP contribution in [-0.4, -0.2) is 26.3 Å². The lowest BCUT2D eigenvalue weighted by molar-refractivity contribution is 0.569. The van der Waals surface area contributed by atoms with Crippen LogP contribution in [-0.2, 0) is 6.54 Å². The molecule has 0 amide bonds. The zero-order valence-electron chi connectivity index (χ0n) is 15.0. The topological polar surface area (TPSA) is 43.9 Å². The predicted molar refractivity (Wildman–Crippen MR) is 111 cm³/mol. The normalized spacial score (nSPS) is 11.0. The van der Waals surface area contributed by atoms with Gasteiger partial charge in [0.25, 0.3) is 0 Å². The average Bonchev–Trinajstić information content (AvgIpc) is 3.38. The van der Waals surface area contributed by atoms with Gasteiger partial charge >= 0.3 is 0 Å². The monoisotopic (exact) mass is 411 g/mol. The number of rotatable bonds is 8. The Morgan fingerprint density at radius 1 is 0.857 bits per heavy atom. The Morgan fingerprint density at radius 2 is 1.64 bits per heavy atom. The van der Waals surface area contributed by atoms with Crippen LogP contribution >= 0.6 is 23.5 Å². The zero-order valence-corrected chi connectivity index (χ0v) is 16.6. The van der Waals surface area contributed by atoms with Gasteiger partial charge in [-0.1, -0.05) is 54.2 Å². The second-order valence-corrected chi connectivity index (χ2v) is 8.18. The van der Waals surface area contributed by atoms with Crippen LogP contribution in [0.2, 0.25) is 0 Å². The van der Waals surface area contributed by atoms with E-state index >= 15 is 0 Å². The third-order valence-corrected chi connectivity index (χ3v) is 6.33. The summed E-state index contributed by atoms with van der Waals surface area (Å²) in [5, 5.41) is 9.52. The molecule has 7 heteroatoms. The van der Waals surface area contributed by atoms with E-state index in [2.05, 4.69) is 26.9 Å². The van der Waals surface area contributed by atoms with E-state index in [9.17, 15) is 4.39 Å². The van der Waals surface area contributed by atoms with E-state index in [0.717, 1.165) is 22.2 Å². The van der Waals surface area contributed by atoms with Crippen molar-refractivity contribution in [3.8, 4) is 11.6 Å². The van der Waals surface area contributed by atoms with Gasteiger partial charge < -0.3 is 4.42 Å². The molecule has 0 radical (unpaired) electrons. The first-order chi connectivity index (χ1) is 13.8. The van der Waals surface area contributed by atoms with Crippen LogP contribution in [0.5, 0.6) is 0 Å². The van der Waals surface area contributed by atoms with Crippen LogP contribution in [0.3, 0.4) is 0 Å². The number of furan rings is 1. The molecular formula is C21H18FN3OS2. The molecule has 4 nitrogen and oxygen atoms in total. The fourth-order valence-electron chi connectivity index (χ4n) is 2.74. The summed E-state index contributed by atoms with van der Waals surface area (Å²) < 4.78 is 21.3. The number of nitrogens with zero attached hydrogens (tertiary/aromatic N) is 3. The lowest BCUT2D eigenvalue weighted by Crippen LogP contribution is -2.04. The predicted octanol–water partition coefficient (Wildman–Crippen LogP) is 5.61. The minimum atomic E-state index is -0.176. The molecule has 0 aliphatic carbocycles. The fourth-order valence-corrected chi connectivity index (χ4v) is 4.59. The number of halogens is 1. The maximum absolute atomic E-state index is 13.7. The standard InChI is InChI=1S/C21H18FN3OS2/c22-17-9-4-5-11-19(17)27-13-14-28-21-24-23-20(18-10-6-12-26-18)25(21)15-16-7-2-1-3-8-16/h1-12H,13-15H2. The zero-order chi connectivity index (χ0) is 19.2. The minimum absolute atomic E-state index is 0.176. The van der Waals surface area contributed by atoms with E-state index in [4.69, 9.17) is 4.42 Å². The van der Waals surface area contributed by atoms with E-state index in [1.165, 1.54) is 17.8 Å². The summed E-state index contributed by atoms with van der Waals surface area (Å²) in [4.78, 5) is 0.671. The molecule has 28 heavy (non-hydrogen) atoms. The largest absolute Gasteiger partial charge is 0.461 e. The Bertz CT molecular complexity index is 1020. The second-order valence-electron chi connectivity index (χ2n) is 5.98. The molecule has 2 heterocycles. The highest BCUT2D eigenvalue weighted by molar-refractivity contribution is 8.02. The van der Waals surface area contributed by atoms with Gasteiger partial charge in [0, 0.05) is 16.4 Å². The van der Waals surface area contributed by atoms with Gasteiger partial charge in [-0.25, -0.2) is 4.39 Å². The van der Waals surface area contributed by atoms with Crippen LogP contribution in [0.1, 0.15) is 5.56 Å². The van der Waals surface area contributed by atoms with Crippen LogP contribution < -0.4 is 0 Å². The van der Waals surface area contributed by atoms with Crippen molar-refractivity contribution in [2.75, 3.05) is 11.5 Å². The van der Waals surface area contributed by atoms with Crippen molar-refractivity contribution in [1.82, 2.24) is 14.8 Å². The first-order valence-corrected chi connectivity index (χ1v) is 10.8. The molecule has 0 bridgehead atoms. The highest BCUT2D eigenvalue weighted by Crippen LogP contribution is 2.28. The van der Waals surface area contributed by atoms with Gasteiger partial charge in [0.1, 0.15) is 5.82 Å². The van der Waals surface area contributed by atoms with Crippen LogP contribution in [0.15, 0.2) is 87.5 Å². The van der Waals surface area contributed by atoms with Crippen molar-refractivity contribution < 1.29 is 8.81 Å². The van der Waals surface area contributed by atoms with E-state index < -0.39 is 0 Å². The Labute approximate surface area is 171 Å². The number of aromatic nitrogens is 3. The number of thioether (sulfide) groups is 2. The van der Waals surface area contributed by atoms with Crippen molar-refractivity contribution in [3.63, 3.8) is 0 Å². The highest BCUT2D eigenvalue weighted by atomic mass is 32.2. The molecule has 4 aromatic rings. The third kappa shape index (κ3) is 4.48. The maximum atomic E-state index is 13.7. The van der Waals surface area contributed by atoms with Gasteiger partial charge in [-0.3, -0.25) is 4.57 Å². The van der Waals surface area contributed by atoms with Crippen molar-refractivity contribution in [3.05, 3.63) is 84.4 Å². The summed E-state index contributed by atoms with van der Waals surface area (Å²) in [7, 11) is 0. The Kier molecular flexibility index (Phi) is 6.14.